The summed E-state index contributed by atoms with van der Waals surface area (Å²) in [5, 5.41) is 13.4. The molecule has 1 fully saturated rings. The summed E-state index contributed by atoms with van der Waals surface area (Å²) in [5.74, 6) is -0.334. The van der Waals surface area contributed by atoms with Crippen molar-refractivity contribution in [1.82, 2.24) is 5.32 Å². The maximum atomic E-state index is 11.3. The normalized spacial score (nSPS) is 20.7. The number of nitrogens with one attached hydrogen (secondary N) is 1. The minimum absolute atomic E-state index is 0.199. The molecule has 98 valence electrons. The lowest BCUT2D eigenvalue weighted by molar-refractivity contribution is 0.0600. The highest BCUT2D eigenvalue weighted by atomic mass is 16.5. The molecule has 1 aliphatic rings. The maximum absolute atomic E-state index is 11.3. The molecule has 2 atom stereocenters. The van der Waals surface area contributed by atoms with Gasteiger partial charge in [-0.05, 0) is 43.5 Å². The van der Waals surface area contributed by atoms with E-state index in [1.807, 2.05) is 12.1 Å². The second kappa shape index (κ2) is 5.98. The second-order valence-corrected chi connectivity index (χ2v) is 4.66. The van der Waals surface area contributed by atoms with Crippen LogP contribution in [-0.2, 0) is 11.2 Å². The van der Waals surface area contributed by atoms with Gasteiger partial charge in [-0.1, -0.05) is 12.1 Å². The average molecular weight is 249 g/mol. The number of carbonyl (C=O) groups excluding carboxylic acids is 1. The van der Waals surface area contributed by atoms with Crippen LogP contribution in [0.15, 0.2) is 24.3 Å². The van der Waals surface area contributed by atoms with Crippen molar-refractivity contribution in [2.75, 3.05) is 13.7 Å². The van der Waals surface area contributed by atoms with Crippen molar-refractivity contribution < 1.29 is 14.6 Å². The molecule has 2 rings (SSSR count). The summed E-state index contributed by atoms with van der Waals surface area (Å²) in [7, 11) is 1.37. The van der Waals surface area contributed by atoms with Crippen LogP contribution < -0.4 is 5.32 Å². The Morgan fingerprint density at radius 2 is 2.22 bits per heavy atom. The molecule has 18 heavy (non-hydrogen) atoms. The summed E-state index contributed by atoms with van der Waals surface area (Å²) < 4.78 is 4.64. The van der Waals surface area contributed by atoms with Gasteiger partial charge in [0.25, 0.3) is 0 Å². The molecular formula is C14H19NO3. The molecule has 1 aromatic carbocycles. The van der Waals surface area contributed by atoms with Crippen molar-refractivity contribution in [3.8, 4) is 0 Å². The zero-order valence-electron chi connectivity index (χ0n) is 10.6. The number of methoxy groups -OCH3 is 1. The Bertz CT molecular complexity index is 396. The quantitative estimate of drug-likeness (QED) is 0.785. The van der Waals surface area contributed by atoms with Gasteiger partial charge in [0.05, 0.1) is 18.8 Å². The van der Waals surface area contributed by atoms with Crippen LogP contribution in [0.3, 0.4) is 0 Å². The third-order valence-corrected chi connectivity index (χ3v) is 3.38. The molecule has 0 amide bonds. The van der Waals surface area contributed by atoms with E-state index in [4.69, 9.17) is 0 Å². The zero-order valence-corrected chi connectivity index (χ0v) is 10.6. The molecule has 1 saturated heterocycles. The number of benzene rings is 1. The van der Waals surface area contributed by atoms with Gasteiger partial charge in [-0.25, -0.2) is 4.79 Å². The number of ether oxygens (including phenoxy) is 1. The summed E-state index contributed by atoms with van der Waals surface area (Å²) in [6.45, 7) is 0.989. The molecule has 0 spiro atoms. The summed E-state index contributed by atoms with van der Waals surface area (Å²) in [6, 6.07) is 7.39. The van der Waals surface area contributed by atoms with E-state index in [2.05, 4.69) is 10.1 Å². The van der Waals surface area contributed by atoms with Crippen molar-refractivity contribution >= 4 is 5.97 Å². The van der Waals surface area contributed by atoms with Gasteiger partial charge in [-0.15, -0.1) is 0 Å². The van der Waals surface area contributed by atoms with E-state index >= 15 is 0 Å². The van der Waals surface area contributed by atoms with Gasteiger partial charge < -0.3 is 15.2 Å². The fourth-order valence-electron chi connectivity index (χ4n) is 2.32. The summed E-state index contributed by atoms with van der Waals surface area (Å²) >= 11 is 0. The van der Waals surface area contributed by atoms with Gasteiger partial charge in [0.2, 0.25) is 0 Å². The van der Waals surface area contributed by atoms with Crippen LogP contribution in [0.1, 0.15) is 28.8 Å². The molecule has 0 unspecified atom stereocenters. The number of hydrogen-bond acceptors (Lipinski definition) is 4. The van der Waals surface area contributed by atoms with Gasteiger partial charge >= 0.3 is 5.97 Å². The fraction of sp³-hybridized carbons (Fsp3) is 0.500. The Kier molecular flexibility index (Phi) is 4.33. The van der Waals surface area contributed by atoms with Crippen LogP contribution in [-0.4, -0.2) is 36.9 Å². The molecule has 0 aliphatic carbocycles. The smallest absolute Gasteiger partial charge is 0.337 e. The first-order valence-corrected chi connectivity index (χ1v) is 6.29. The minimum Gasteiger partial charge on any atom is -0.465 e. The highest BCUT2D eigenvalue weighted by molar-refractivity contribution is 5.89. The lowest BCUT2D eigenvalue weighted by Crippen LogP contribution is -2.36. The van der Waals surface area contributed by atoms with E-state index in [1.165, 1.54) is 7.11 Å². The van der Waals surface area contributed by atoms with Gasteiger partial charge in [-0.3, -0.25) is 0 Å². The van der Waals surface area contributed by atoms with E-state index in [0.717, 1.165) is 24.9 Å². The Balaban J connectivity index is 1.95. The molecule has 1 aliphatic heterocycles. The first-order valence-electron chi connectivity index (χ1n) is 6.29. The standard InChI is InChI=1S/C14H19NO3/c1-18-14(17)11-6-4-10(5-7-11)9-13(16)12-3-2-8-15-12/h4-7,12-13,15-16H,2-3,8-9H2,1H3/t12-,13+/m0/s1. The van der Waals surface area contributed by atoms with Crippen LogP contribution >= 0.6 is 0 Å². The van der Waals surface area contributed by atoms with Crippen molar-refractivity contribution in [1.29, 1.82) is 0 Å². The highest BCUT2D eigenvalue weighted by Gasteiger charge is 2.22. The monoisotopic (exact) mass is 249 g/mol. The van der Waals surface area contributed by atoms with Crippen molar-refractivity contribution in [2.45, 2.75) is 31.4 Å². The molecule has 2 N–H and O–H groups in total. The average Bonchev–Trinajstić information content (AvgIpc) is 2.92. The Hall–Kier alpha value is -1.39. The molecule has 4 nitrogen and oxygen atoms in total. The number of hydrogen-bond donors (Lipinski definition) is 2. The predicted octanol–water partition coefficient (Wildman–Crippen LogP) is 1.13. The van der Waals surface area contributed by atoms with Gasteiger partial charge in [0.15, 0.2) is 0 Å². The molecule has 0 aromatic heterocycles. The minimum atomic E-state index is -0.364. The molecule has 0 radical (unpaired) electrons. The third-order valence-electron chi connectivity index (χ3n) is 3.38. The van der Waals surface area contributed by atoms with E-state index in [-0.39, 0.29) is 18.1 Å². The molecule has 1 heterocycles. The molecule has 4 heteroatoms. The van der Waals surface area contributed by atoms with Crippen molar-refractivity contribution in [3.63, 3.8) is 0 Å². The molecule has 1 aromatic rings. The number of rotatable bonds is 4. The Morgan fingerprint density at radius 3 is 2.78 bits per heavy atom. The number of aliphatic hydroxyl groups excluding tert-OH is 1. The topological polar surface area (TPSA) is 58.6 Å². The van der Waals surface area contributed by atoms with Crippen LogP contribution in [0, 0.1) is 0 Å². The summed E-state index contributed by atoms with van der Waals surface area (Å²) in [4.78, 5) is 11.3. The predicted molar refractivity (Wildman–Crippen MR) is 68.5 cm³/mol. The molecule has 0 bridgehead atoms. The fourth-order valence-corrected chi connectivity index (χ4v) is 2.32. The number of esters is 1. The van der Waals surface area contributed by atoms with Crippen molar-refractivity contribution in [3.05, 3.63) is 35.4 Å². The second-order valence-electron chi connectivity index (χ2n) is 4.66. The molecule has 0 saturated carbocycles. The maximum Gasteiger partial charge on any atom is 0.337 e. The van der Waals surface area contributed by atoms with Crippen molar-refractivity contribution in [2.24, 2.45) is 0 Å². The SMILES string of the molecule is COC(=O)c1ccc(C[C@@H](O)[C@@H]2CCCN2)cc1. The number of carbonyl (C=O) groups is 1. The summed E-state index contributed by atoms with van der Waals surface area (Å²) in [5.41, 5.74) is 1.57. The van der Waals surface area contributed by atoms with Gasteiger partial charge in [-0.2, -0.15) is 0 Å². The Labute approximate surface area is 107 Å². The third kappa shape index (κ3) is 3.09. The first-order chi connectivity index (χ1) is 8.70. The highest BCUT2D eigenvalue weighted by Crippen LogP contribution is 2.14. The number of aliphatic hydroxyl groups is 1. The van der Waals surface area contributed by atoms with Crippen LogP contribution in [0.2, 0.25) is 0 Å². The van der Waals surface area contributed by atoms with E-state index in [1.54, 1.807) is 12.1 Å². The van der Waals surface area contributed by atoms with Gasteiger partial charge in [0.1, 0.15) is 0 Å². The zero-order chi connectivity index (χ0) is 13.0. The van der Waals surface area contributed by atoms with E-state index in [0.29, 0.717) is 12.0 Å². The largest absolute Gasteiger partial charge is 0.465 e. The lowest BCUT2D eigenvalue weighted by Gasteiger charge is -2.18. The van der Waals surface area contributed by atoms with Gasteiger partial charge in [0, 0.05) is 6.04 Å². The lowest BCUT2D eigenvalue weighted by atomic mass is 10.00. The Morgan fingerprint density at radius 1 is 1.50 bits per heavy atom. The van der Waals surface area contributed by atoms with E-state index in [9.17, 15) is 9.90 Å². The van der Waals surface area contributed by atoms with Crippen LogP contribution in [0.5, 0.6) is 0 Å². The first kappa shape index (κ1) is 13.1. The summed E-state index contributed by atoms with van der Waals surface area (Å²) in [6.07, 6.45) is 2.40. The van der Waals surface area contributed by atoms with Crippen LogP contribution in [0.4, 0.5) is 0 Å². The molecular weight excluding hydrogens is 230 g/mol. The van der Waals surface area contributed by atoms with E-state index < -0.39 is 0 Å². The van der Waals surface area contributed by atoms with Crippen LogP contribution in [0.25, 0.3) is 0 Å².